The number of carbonyl (C=O) groups excluding carboxylic acids is 1. The van der Waals surface area contributed by atoms with Gasteiger partial charge in [-0.05, 0) is 35.7 Å². The van der Waals surface area contributed by atoms with Gasteiger partial charge in [0.05, 0.1) is 20.7 Å². The molecule has 0 spiro atoms. The average Bonchev–Trinajstić information content (AvgIpc) is 3.11. The van der Waals surface area contributed by atoms with Crippen LogP contribution in [0.1, 0.15) is 9.67 Å². The van der Waals surface area contributed by atoms with Crippen molar-refractivity contribution in [1.82, 2.24) is 0 Å². The lowest BCUT2D eigenvalue weighted by atomic mass is 10.1. The largest absolute Gasteiger partial charge is 0.454 e. The SMILES string of the molecule is O=C(Nc1ccc2c(=O)c3cccc(Cl)c3oc2c1)c1cccs1. The highest BCUT2D eigenvalue weighted by Crippen LogP contribution is 2.26. The molecule has 1 amide bonds. The van der Waals surface area contributed by atoms with Gasteiger partial charge < -0.3 is 9.73 Å². The van der Waals surface area contributed by atoms with Crippen molar-refractivity contribution in [2.24, 2.45) is 0 Å². The van der Waals surface area contributed by atoms with Gasteiger partial charge in [0.2, 0.25) is 5.43 Å². The smallest absolute Gasteiger partial charge is 0.265 e. The molecule has 1 N–H and O–H groups in total. The van der Waals surface area contributed by atoms with Gasteiger partial charge in [-0.3, -0.25) is 9.59 Å². The summed E-state index contributed by atoms with van der Waals surface area (Å²) in [6.07, 6.45) is 0. The van der Waals surface area contributed by atoms with Gasteiger partial charge in [-0.25, -0.2) is 0 Å². The maximum Gasteiger partial charge on any atom is 0.265 e. The lowest BCUT2D eigenvalue weighted by molar-refractivity contribution is 0.103. The Morgan fingerprint density at radius 1 is 1.08 bits per heavy atom. The zero-order valence-electron chi connectivity index (χ0n) is 12.2. The second kappa shape index (κ2) is 5.78. The van der Waals surface area contributed by atoms with Crippen molar-refractivity contribution in [3.05, 3.63) is 74.0 Å². The molecule has 0 bridgehead atoms. The van der Waals surface area contributed by atoms with E-state index in [1.165, 1.54) is 11.3 Å². The summed E-state index contributed by atoms with van der Waals surface area (Å²) in [4.78, 5) is 25.3. The van der Waals surface area contributed by atoms with E-state index >= 15 is 0 Å². The number of hydrogen-bond acceptors (Lipinski definition) is 4. The summed E-state index contributed by atoms with van der Waals surface area (Å²) in [5, 5.41) is 5.88. The quantitative estimate of drug-likeness (QED) is 0.519. The van der Waals surface area contributed by atoms with E-state index in [9.17, 15) is 9.59 Å². The Bertz CT molecular complexity index is 1130. The molecule has 0 fully saturated rings. The molecule has 2 aromatic heterocycles. The third kappa shape index (κ3) is 2.48. The molecule has 0 saturated heterocycles. The highest BCUT2D eigenvalue weighted by atomic mass is 35.5. The summed E-state index contributed by atoms with van der Waals surface area (Å²) in [6, 6.07) is 13.6. The van der Waals surface area contributed by atoms with Crippen LogP contribution in [-0.4, -0.2) is 5.91 Å². The summed E-state index contributed by atoms with van der Waals surface area (Å²) in [5.74, 6) is -0.203. The van der Waals surface area contributed by atoms with E-state index in [0.717, 1.165) is 0 Å². The number of rotatable bonds is 2. The molecule has 0 saturated carbocycles. The number of anilines is 1. The molecular formula is C18H10ClNO3S. The molecule has 2 aromatic carbocycles. The van der Waals surface area contributed by atoms with Crippen LogP contribution < -0.4 is 10.7 Å². The molecular weight excluding hydrogens is 346 g/mol. The van der Waals surface area contributed by atoms with Crippen molar-refractivity contribution in [1.29, 1.82) is 0 Å². The van der Waals surface area contributed by atoms with Crippen molar-refractivity contribution in [2.75, 3.05) is 5.32 Å². The second-order valence-corrected chi connectivity index (χ2v) is 6.54. The maximum absolute atomic E-state index is 12.6. The zero-order chi connectivity index (χ0) is 16.7. The monoisotopic (exact) mass is 355 g/mol. The van der Waals surface area contributed by atoms with Crippen molar-refractivity contribution in [2.45, 2.75) is 0 Å². The van der Waals surface area contributed by atoms with E-state index in [2.05, 4.69) is 5.32 Å². The van der Waals surface area contributed by atoms with Crippen molar-refractivity contribution >= 4 is 56.5 Å². The Balaban J connectivity index is 1.83. The van der Waals surface area contributed by atoms with Crippen LogP contribution in [0.2, 0.25) is 5.02 Å². The standard InChI is InChI=1S/C18H10ClNO3S/c19-13-4-1-3-12-16(21)11-7-6-10(9-14(11)23-17(12)13)20-18(22)15-5-2-8-24-15/h1-9H,(H,20,22). The van der Waals surface area contributed by atoms with Crippen LogP contribution in [0, 0.1) is 0 Å². The van der Waals surface area contributed by atoms with Crippen LogP contribution in [0.5, 0.6) is 0 Å². The van der Waals surface area contributed by atoms with Gasteiger partial charge in [-0.2, -0.15) is 0 Å². The van der Waals surface area contributed by atoms with Crippen molar-refractivity contribution in [3.8, 4) is 0 Å². The predicted molar refractivity (Wildman–Crippen MR) is 97.3 cm³/mol. The first-order valence-corrected chi connectivity index (χ1v) is 8.39. The minimum atomic E-state index is -0.203. The Morgan fingerprint density at radius 3 is 2.75 bits per heavy atom. The first-order chi connectivity index (χ1) is 11.6. The van der Waals surface area contributed by atoms with Crippen LogP contribution in [0.25, 0.3) is 21.9 Å². The van der Waals surface area contributed by atoms with E-state index in [0.29, 0.717) is 37.5 Å². The Morgan fingerprint density at radius 2 is 1.96 bits per heavy atom. The second-order valence-electron chi connectivity index (χ2n) is 5.19. The third-order valence-corrected chi connectivity index (χ3v) is 4.82. The lowest BCUT2D eigenvalue weighted by Crippen LogP contribution is -2.10. The Hall–Kier alpha value is -2.63. The van der Waals surface area contributed by atoms with Gasteiger partial charge in [-0.1, -0.05) is 23.7 Å². The molecule has 0 atom stereocenters. The van der Waals surface area contributed by atoms with E-state index in [4.69, 9.17) is 16.0 Å². The first kappa shape index (κ1) is 14.9. The van der Waals surface area contributed by atoms with Crippen molar-refractivity contribution < 1.29 is 9.21 Å². The minimum absolute atomic E-state index is 0.148. The fraction of sp³-hybridized carbons (Fsp3) is 0. The van der Waals surface area contributed by atoms with E-state index in [-0.39, 0.29) is 11.3 Å². The molecule has 6 heteroatoms. The number of halogens is 1. The fourth-order valence-electron chi connectivity index (χ4n) is 2.52. The molecule has 0 radical (unpaired) electrons. The van der Waals surface area contributed by atoms with Gasteiger partial charge in [0.15, 0.2) is 5.58 Å². The zero-order valence-corrected chi connectivity index (χ0v) is 13.8. The molecule has 4 aromatic rings. The number of amides is 1. The summed E-state index contributed by atoms with van der Waals surface area (Å²) < 4.78 is 5.79. The van der Waals surface area contributed by atoms with Crippen LogP contribution in [0.3, 0.4) is 0 Å². The highest BCUT2D eigenvalue weighted by molar-refractivity contribution is 7.12. The number of carbonyl (C=O) groups is 1. The lowest BCUT2D eigenvalue weighted by Gasteiger charge is -2.06. The van der Waals surface area contributed by atoms with Gasteiger partial charge in [-0.15, -0.1) is 11.3 Å². The molecule has 2 heterocycles. The molecule has 0 aliphatic carbocycles. The van der Waals surface area contributed by atoms with Crippen LogP contribution in [-0.2, 0) is 0 Å². The van der Waals surface area contributed by atoms with E-state index in [1.807, 2.05) is 11.4 Å². The molecule has 0 unspecified atom stereocenters. The summed E-state index contributed by atoms with van der Waals surface area (Å²) in [7, 11) is 0. The molecule has 4 nitrogen and oxygen atoms in total. The molecule has 0 aliphatic heterocycles. The topological polar surface area (TPSA) is 59.3 Å². The fourth-order valence-corrected chi connectivity index (χ4v) is 3.35. The van der Waals surface area contributed by atoms with Gasteiger partial charge >= 0.3 is 0 Å². The predicted octanol–water partition coefficient (Wildman–Crippen LogP) is 4.91. The minimum Gasteiger partial charge on any atom is -0.454 e. The number of nitrogens with one attached hydrogen (secondary N) is 1. The first-order valence-electron chi connectivity index (χ1n) is 7.13. The summed E-state index contributed by atoms with van der Waals surface area (Å²) >= 11 is 7.48. The number of hydrogen-bond donors (Lipinski definition) is 1. The number of para-hydroxylation sites is 1. The van der Waals surface area contributed by atoms with Gasteiger partial charge in [0.25, 0.3) is 5.91 Å². The highest BCUT2D eigenvalue weighted by Gasteiger charge is 2.12. The van der Waals surface area contributed by atoms with Crippen LogP contribution in [0.4, 0.5) is 5.69 Å². The van der Waals surface area contributed by atoms with Crippen LogP contribution >= 0.6 is 22.9 Å². The van der Waals surface area contributed by atoms with Gasteiger partial charge in [0.1, 0.15) is 5.58 Å². The van der Waals surface area contributed by atoms with E-state index < -0.39 is 0 Å². The van der Waals surface area contributed by atoms with Crippen LogP contribution in [0.15, 0.2) is 63.1 Å². The van der Waals surface area contributed by atoms with Gasteiger partial charge in [0, 0.05) is 11.8 Å². The molecule has 4 rings (SSSR count). The normalized spacial score (nSPS) is 11.0. The van der Waals surface area contributed by atoms with E-state index in [1.54, 1.807) is 42.5 Å². The Labute approximate surface area is 145 Å². The summed E-state index contributed by atoms with van der Waals surface area (Å²) in [6.45, 7) is 0. The maximum atomic E-state index is 12.6. The molecule has 24 heavy (non-hydrogen) atoms. The number of thiophene rings is 1. The number of fused-ring (bicyclic) bond motifs is 2. The summed E-state index contributed by atoms with van der Waals surface area (Å²) in [5.41, 5.74) is 1.13. The molecule has 0 aliphatic rings. The average molecular weight is 356 g/mol. The van der Waals surface area contributed by atoms with Crippen molar-refractivity contribution in [3.63, 3.8) is 0 Å². The Kier molecular flexibility index (Phi) is 3.59. The molecule has 118 valence electrons. The number of benzene rings is 2. The third-order valence-electron chi connectivity index (χ3n) is 3.65.